The number of thiocarbonyl (C=S) groups is 1. The lowest BCUT2D eigenvalue weighted by Crippen LogP contribution is -2.27. The molecule has 1 aliphatic heterocycles. The van der Waals surface area contributed by atoms with Gasteiger partial charge in [-0.1, -0.05) is 42.2 Å². The standard InChI is InChI=1S/C21H17N3O3S2/c1-3-23-20(26)16(29-21(23)28)12-15-18(27-14-8-6-7-13(2)11-14)22-17-9-4-5-10-24(17)19(15)25/h4-12H,3H2,1-2H3/b16-12+. The van der Waals surface area contributed by atoms with E-state index in [1.165, 1.54) is 27.1 Å². The van der Waals surface area contributed by atoms with E-state index >= 15 is 0 Å². The molecule has 0 atom stereocenters. The third kappa shape index (κ3) is 3.68. The summed E-state index contributed by atoms with van der Waals surface area (Å²) >= 11 is 6.44. The molecule has 1 saturated heterocycles. The van der Waals surface area contributed by atoms with Gasteiger partial charge in [-0.15, -0.1) is 0 Å². The Morgan fingerprint density at radius 2 is 2.03 bits per heavy atom. The van der Waals surface area contributed by atoms with Crippen LogP contribution in [-0.4, -0.2) is 31.1 Å². The molecule has 1 aliphatic rings. The number of hydrogen-bond acceptors (Lipinski definition) is 6. The molecule has 0 bridgehead atoms. The summed E-state index contributed by atoms with van der Waals surface area (Å²) < 4.78 is 7.87. The minimum Gasteiger partial charge on any atom is -0.438 e. The zero-order valence-corrected chi connectivity index (χ0v) is 17.4. The van der Waals surface area contributed by atoms with Gasteiger partial charge in [-0.2, -0.15) is 4.98 Å². The number of amides is 1. The van der Waals surface area contributed by atoms with Crippen LogP contribution in [-0.2, 0) is 4.79 Å². The predicted octanol–water partition coefficient (Wildman–Crippen LogP) is 4.02. The van der Waals surface area contributed by atoms with Crippen LogP contribution in [0.4, 0.5) is 0 Å². The summed E-state index contributed by atoms with van der Waals surface area (Å²) in [7, 11) is 0. The van der Waals surface area contributed by atoms with Crippen molar-refractivity contribution in [1.82, 2.24) is 14.3 Å². The van der Waals surface area contributed by atoms with Crippen LogP contribution >= 0.6 is 24.0 Å². The van der Waals surface area contributed by atoms with Crippen molar-refractivity contribution in [3.05, 3.63) is 75.0 Å². The summed E-state index contributed by atoms with van der Waals surface area (Å²) in [6, 6.07) is 12.7. The normalized spacial score (nSPS) is 15.5. The van der Waals surface area contributed by atoms with Crippen LogP contribution in [0.15, 0.2) is 58.4 Å². The molecule has 3 heterocycles. The Morgan fingerprint density at radius 3 is 2.76 bits per heavy atom. The summed E-state index contributed by atoms with van der Waals surface area (Å²) in [5, 5.41) is 0. The fourth-order valence-electron chi connectivity index (χ4n) is 2.98. The zero-order chi connectivity index (χ0) is 20.5. The molecule has 1 aromatic carbocycles. The topological polar surface area (TPSA) is 63.9 Å². The van der Waals surface area contributed by atoms with Gasteiger partial charge in [0.1, 0.15) is 21.3 Å². The number of rotatable bonds is 4. The van der Waals surface area contributed by atoms with Crippen LogP contribution in [0.2, 0.25) is 0 Å². The zero-order valence-electron chi connectivity index (χ0n) is 15.8. The minimum atomic E-state index is -0.319. The molecule has 0 N–H and O–H groups in total. The maximum Gasteiger partial charge on any atom is 0.269 e. The second-order valence-corrected chi connectivity index (χ2v) is 8.08. The van der Waals surface area contributed by atoms with Gasteiger partial charge < -0.3 is 4.74 Å². The first-order chi connectivity index (χ1) is 14.0. The Hall–Kier alpha value is -2.97. The van der Waals surface area contributed by atoms with Crippen LogP contribution in [0, 0.1) is 6.92 Å². The number of fused-ring (bicyclic) bond motifs is 1. The number of aromatic nitrogens is 2. The molecule has 0 aliphatic carbocycles. The highest BCUT2D eigenvalue weighted by atomic mass is 32.2. The Morgan fingerprint density at radius 1 is 1.21 bits per heavy atom. The average Bonchev–Trinajstić information content (AvgIpc) is 2.97. The van der Waals surface area contributed by atoms with E-state index in [1.54, 1.807) is 30.5 Å². The van der Waals surface area contributed by atoms with Gasteiger partial charge in [-0.3, -0.25) is 18.9 Å². The fourth-order valence-corrected chi connectivity index (χ4v) is 4.34. The first-order valence-electron chi connectivity index (χ1n) is 8.99. The molecule has 29 heavy (non-hydrogen) atoms. The highest BCUT2D eigenvalue weighted by molar-refractivity contribution is 8.26. The van der Waals surface area contributed by atoms with Gasteiger partial charge in [0, 0.05) is 12.7 Å². The van der Waals surface area contributed by atoms with E-state index in [9.17, 15) is 9.59 Å². The predicted molar refractivity (Wildman–Crippen MR) is 118 cm³/mol. The molecule has 0 radical (unpaired) electrons. The number of hydrogen-bond donors (Lipinski definition) is 0. The van der Waals surface area contributed by atoms with Crippen LogP contribution in [0.3, 0.4) is 0 Å². The molecule has 0 saturated carbocycles. The third-order valence-electron chi connectivity index (χ3n) is 4.40. The van der Waals surface area contributed by atoms with E-state index in [0.29, 0.717) is 27.2 Å². The number of carbonyl (C=O) groups excluding carboxylic acids is 1. The number of thioether (sulfide) groups is 1. The van der Waals surface area contributed by atoms with Gasteiger partial charge in [0.25, 0.3) is 11.5 Å². The van der Waals surface area contributed by atoms with E-state index in [2.05, 4.69) is 4.98 Å². The summed E-state index contributed by atoms with van der Waals surface area (Å²) in [4.78, 5) is 32.2. The number of benzene rings is 1. The second kappa shape index (κ2) is 7.81. The molecule has 146 valence electrons. The van der Waals surface area contributed by atoms with Gasteiger partial charge in [0.2, 0.25) is 5.88 Å². The number of nitrogens with zero attached hydrogens (tertiary/aromatic N) is 3. The number of pyridine rings is 1. The lowest BCUT2D eigenvalue weighted by Gasteiger charge is -2.11. The SMILES string of the molecule is CCN1C(=O)/C(=C\c2c(Oc3cccc(C)c3)nc3ccccn3c2=O)SC1=S. The third-order valence-corrected chi connectivity index (χ3v) is 5.78. The van der Waals surface area contributed by atoms with Crippen molar-refractivity contribution in [3.8, 4) is 11.6 Å². The van der Waals surface area contributed by atoms with Crippen molar-refractivity contribution in [2.24, 2.45) is 0 Å². The molecule has 2 aromatic heterocycles. The number of carbonyl (C=O) groups is 1. The molecule has 0 unspecified atom stereocenters. The van der Waals surface area contributed by atoms with Gasteiger partial charge in [0.05, 0.1) is 4.91 Å². The van der Waals surface area contributed by atoms with E-state index in [-0.39, 0.29) is 22.9 Å². The average molecular weight is 424 g/mol. The van der Waals surface area contributed by atoms with E-state index in [1.807, 2.05) is 32.0 Å². The highest BCUT2D eigenvalue weighted by Gasteiger charge is 2.31. The highest BCUT2D eigenvalue weighted by Crippen LogP contribution is 2.33. The molecule has 0 spiro atoms. The van der Waals surface area contributed by atoms with Gasteiger partial charge in [0.15, 0.2) is 0 Å². The Balaban J connectivity index is 1.88. The second-order valence-electron chi connectivity index (χ2n) is 6.41. The minimum absolute atomic E-state index is 0.147. The van der Waals surface area contributed by atoms with Crippen molar-refractivity contribution < 1.29 is 9.53 Å². The Bertz CT molecular complexity index is 1230. The van der Waals surface area contributed by atoms with Crippen LogP contribution in [0.1, 0.15) is 18.1 Å². The van der Waals surface area contributed by atoms with Gasteiger partial charge in [-0.05, 0) is 49.8 Å². The van der Waals surface area contributed by atoms with Crippen LogP contribution in [0.5, 0.6) is 11.6 Å². The van der Waals surface area contributed by atoms with Crippen molar-refractivity contribution >= 4 is 45.9 Å². The quantitative estimate of drug-likeness (QED) is 0.467. The first kappa shape index (κ1) is 19.4. The summed E-state index contributed by atoms with van der Waals surface area (Å²) in [6.45, 7) is 4.28. The van der Waals surface area contributed by atoms with Crippen LogP contribution < -0.4 is 10.3 Å². The summed E-state index contributed by atoms with van der Waals surface area (Å²) in [5.74, 6) is 0.489. The maximum absolute atomic E-state index is 13.2. The maximum atomic E-state index is 13.2. The number of ether oxygens (including phenoxy) is 1. The summed E-state index contributed by atoms with van der Waals surface area (Å²) in [5.41, 5.74) is 1.36. The molecular formula is C21H17N3O3S2. The molecule has 1 fully saturated rings. The lowest BCUT2D eigenvalue weighted by atomic mass is 10.2. The molecule has 3 aromatic rings. The van der Waals surface area contributed by atoms with Crippen molar-refractivity contribution in [2.45, 2.75) is 13.8 Å². The van der Waals surface area contributed by atoms with Gasteiger partial charge >= 0.3 is 0 Å². The summed E-state index contributed by atoms with van der Waals surface area (Å²) in [6.07, 6.45) is 3.16. The van der Waals surface area contributed by atoms with E-state index in [4.69, 9.17) is 17.0 Å². The largest absolute Gasteiger partial charge is 0.438 e. The Labute approximate surface area is 176 Å². The molecule has 4 rings (SSSR count). The van der Waals surface area contributed by atoms with Gasteiger partial charge in [-0.25, -0.2) is 0 Å². The molecule has 1 amide bonds. The van der Waals surface area contributed by atoms with Crippen LogP contribution in [0.25, 0.3) is 11.7 Å². The van der Waals surface area contributed by atoms with Crippen molar-refractivity contribution in [1.29, 1.82) is 0 Å². The first-order valence-corrected chi connectivity index (χ1v) is 10.2. The smallest absolute Gasteiger partial charge is 0.269 e. The molecule has 8 heteroatoms. The van der Waals surface area contributed by atoms with E-state index < -0.39 is 0 Å². The molecule has 6 nitrogen and oxygen atoms in total. The lowest BCUT2D eigenvalue weighted by molar-refractivity contribution is -0.121. The van der Waals surface area contributed by atoms with Crippen molar-refractivity contribution in [2.75, 3.05) is 6.54 Å². The van der Waals surface area contributed by atoms with E-state index in [0.717, 1.165) is 5.56 Å². The number of aryl methyl sites for hydroxylation is 1. The Kier molecular flexibility index (Phi) is 5.21. The monoisotopic (exact) mass is 423 g/mol. The number of likely N-dealkylation sites (N-methyl/N-ethyl adjacent to an activating group) is 1. The van der Waals surface area contributed by atoms with Crippen molar-refractivity contribution in [3.63, 3.8) is 0 Å². The molecular weight excluding hydrogens is 406 g/mol. The fraction of sp³-hybridized carbons (Fsp3) is 0.143.